The molecule has 31 heavy (non-hydrogen) atoms. The highest BCUT2D eigenvalue weighted by Gasteiger charge is 2.30. The average Bonchev–Trinajstić information content (AvgIpc) is 3.15. The Balaban J connectivity index is 1.96. The fourth-order valence-corrected chi connectivity index (χ4v) is 4.03. The minimum absolute atomic E-state index is 0.0297. The SMILES string of the molecule is CC1=NN(CCCO)c2nc3c(c(=O)n(Cc4cc(C)ccc4C)c(=O)n3C)n2[C@@H]1C. The van der Waals surface area contributed by atoms with E-state index in [-0.39, 0.29) is 24.8 Å². The summed E-state index contributed by atoms with van der Waals surface area (Å²) in [5, 5.41) is 15.5. The number of benzene rings is 1. The fourth-order valence-electron chi connectivity index (χ4n) is 4.03. The third-order valence-corrected chi connectivity index (χ3v) is 6.02. The Hall–Kier alpha value is -3.20. The maximum atomic E-state index is 13.6. The van der Waals surface area contributed by atoms with E-state index in [0.717, 1.165) is 22.4 Å². The van der Waals surface area contributed by atoms with Crippen molar-refractivity contribution in [2.24, 2.45) is 12.1 Å². The summed E-state index contributed by atoms with van der Waals surface area (Å²) in [4.78, 5) is 31.3. The number of hydrogen-bond donors (Lipinski definition) is 1. The second kappa shape index (κ2) is 7.81. The Morgan fingerprint density at radius 3 is 2.61 bits per heavy atom. The predicted molar refractivity (Wildman–Crippen MR) is 121 cm³/mol. The zero-order valence-electron chi connectivity index (χ0n) is 18.6. The molecule has 0 saturated heterocycles. The summed E-state index contributed by atoms with van der Waals surface area (Å²) in [5.74, 6) is 0.512. The van der Waals surface area contributed by atoms with Gasteiger partial charge in [0.1, 0.15) is 0 Å². The minimum Gasteiger partial charge on any atom is -0.396 e. The molecule has 1 aliphatic heterocycles. The van der Waals surface area contributed by atoms with E-state index in [9.17, 15) is 14.7 Å². The summed E-state index contributed by atoms with van der Waals surface area (Å²) >= 11 is 0. The van der Waals surface area contributed by atoms with E-state index < -0.39 is 5.69 Å². The molecular formula is C22H28N6O3. The van der Waals surface area contributed by atoms with Gasteiger partial charge >= 0.3 is 5.69 Å². The number of rotatable bonds is 5. The van der Waals surface area contributed by atoms with Crippen molar-refractivity contribution in [3.8, 4) is 0 Å². The number of fused-ring (bicyclic) bond motifs is 3. The van der Waals surface area contributed by atoms with Crippen molar-refractivity contribution in [1.82, 2.24) is 18.7 Å². The molecule has 0 spiro atoms. The summed E-state index contributed by atoms with van der Waals surface area (Å²) in [6, 6.07) is 5.85. The van der Waals surface area contributed by atoms with Gasteiger partial charge in [-0.2, -0.15) is 10.1 Å². The molecule has 9 nitrogen and oxygen atoms in total. The first-order chi connectivity index (χ1) is 14.7. The minimum atomic E-state index is -0.402. The predicted octanol–water partition coefficient (Wildman–Crippen LogP) is 1.70. The molecule has 0 bridgehead atoms. The highest BCUT2D eigenvalue weighted by atomic mass is 16.3. The molecule has 0 unspecified atom stereocenters. The quantitative estimate of drug-likeness (QED) is 0.672. The zero-order valence-corrected chi connectivity index (χ0v) is 18.6. The standard InChI is InChI=1S/C22H28N6O3/c1-13-7-8-14(2)17(11-13)12-26-20(30)18-19(25(5)22(26)31)23-21-27(9-6-10-29)24-15(3)16(4)28(18)21/h7-8,11,16,29H,6,9-10,12H2,1-5H3/t16-/m1/s1. The Morgan fingerprint density at radius 1 is 1.16 bits per heavy atom. The van der Waals surface area contributed by atoms with Crippen LogP contribution in [-0.2, 0) is 13.6 Å². The van der Waals surface area contributed by atoms with Crippen LogP contribution in [0, 0.1) is 13.8 Å². The van der Waals surface area contributed by atoms with Gasteiger partial charge in [-0.05, 0) is 45.2 Å². The average molecular weight is 425 g/mol. The number of nitrogens with zero attached hydrogens (tertiary/aromatic N) is 6. The van der Waals surface area contributed by atoms with Crippen LogP contribution < -0.4 is 16.3 Å². The lowest BCUT2D eigenvalue weighted by atomic mass is 10.1. The number of anilines is 1. The maximum Gasteiger partial charge on any atom is 0.332 e. The van der Waals surface area contributed by atoms with Crippen LogP contribution >= 0.6 is 0 Å². The number of hydrazone groups is 1. The summed E-state index contributed by atoms with van der Waals surface area (Å²) in [5.41, 5.74) is 3.84. The molecular weight excluding hydrogens is 396 g/mol. The largest absolute Gasteiger partial charge is 0.396 e. The molecule has 0 saturated carbocycles. The zero-order chi connectivity index (χ0) is 22.4. The van der Waals surface area contributed by atoms with Gasteiger partial charge in [0.25, 0.3) is 5.56 Å². The summed E-state index contributed by atoms with van der Waals surface area (Å²) < 4.78 is 4.57. The topological polar surface area (TPSA) is 97.7 Å². The van der Waals surface area contributed by atoms with Crippen molar-refractivity contribution in [3.63, 3.8) is 0 Å². The second-order valence-corrected chi connectivity index (χ2v) is 8.23. The van der Waals surface area contributed by atoms with E-state index in [2.05, 4.69) is 10.1 Å². The monoisotopic (exact) mass is 424 g/mol. The van der Waals surface area contributed by atoms with Crippen LogP contribution in [-0.4, -0.2) is 42.7 Å². The highest BCUT2D eigenvalue weighted by Crippen LogP contribution is 2.29. The number of hydrogen-bond acceptors (Lipinski definition) is 6. The Morgan fingerprint density at radius 2 is 1.90 bits per heavy atom. The Kier molecular flexibility index (Phi) is 5.30. The maximum absolute atomic E-state index is 13.6. The number of aliphatic hydroxyl groups is 1. The molecule has 1 aromatic carbocycles. The molecule has 9 heteroatoms. The van der Waals surface area contributed by atoms with Crippen LogP contribution in [0.2, 0.25) is 0 Å². The van der Waals surface area contributed by atoms with Crippen molar-refractivity contribution in [2.45, 2.75) is 46.7 Å². The van der Waals surface area contributed by atoms with Gasteiger partial charge < -0.3 is 5.11 Å². The van der Waals surface area contributed by atoms with E-state index in [0.29, 0.717) is 30.1 Å². The van der Waals surface area contributed by atoms with E-state index in [4.69, 9.17) is 0 Å². The molecule has 0 aliphatic carbocycles. The van der Waals surface area contributed by atoms with Gasteiger partial charge in [-0.3, -0.25) is 18.5 Å². The van der Waals surface area contributed by atoms with Crippen molar-refractivity contribution in [1.29, 1.82) is 0 Å². The second-order valence-electron chi connectivity index (χ2n) is 8.23. The van der Waals surface area contributed by atoms with Crippen molar-refractivity contribution in [3.05, 3.63) is 55.7 Å². The van der Waals surface area contributed by atoms with Crippen LogP contribution in [0.5, 0.6) is 0 Å². The Bertz CT molecular complexity index is 1310. The molecule has 0 radical (unpaired) electrons. The summed E-state index contributed by atoms with van der Waals surface area (Å²) in [7, 11) is 1.64. The van der Waals surface area contributed by atoms with Crippen molar-refractivity contribution < 1.29 is 5.11 Å². The third-order valence-electron chi connectivity index (χ3n) is 6.02. The molecule has 1 N–H and O–H groups in total. The van der Waals surface area contributed by atoms with E-state index in [1.165, 1.54) is 9.13 Å². The van der Waals surface area contributed by atoms with Crippen LogP contribution in [0.1, 0.15) is 43.0 Å². The first-order valence-electron chi connectivity index (χ1n) is 10.5. The van der Waals surface area contributed by atoms with Gasteiger partial charge in [-0.1, -0.05) is 23.8 Å². The molecule has 3 heterocycles. The molecule has 2 aromatic heterocycles. The van der Waals surface area contributed by atoms with Gasteiger partial charge in [0, 0.05) is 20.2 Å². The van der Waals surface area contributed by atoms with Gasteiger partial charge in [0.15, 0.2) is 11.2 Å². The van der Waals surface area contributed by atoms with Crippen molar-refractivity contribution >= 4 is 22.8 Å². The lowest BCUT2D eigenvalue weighted by Crippen LogP contribution is -2.40. The number of aryl methyl sites for hydroxylation is 3. The van der Waals surface area contributed by atoms with Gasteiger partial charge in [-0.15, -0.1) is 0 Å². The van der Waals surface area contributed by atoms with Crippen LogP contribution in [0.15, 0.2) is 32.9 Å². The molecule has 1 aliphatic rings. The number of aromatic nitrogens is 4. The smallest absolute Gasteiger partial charge is 0.332 e. The third kappa shape index (κ3) is 3.38. The summed E-state index contributed by atoms with van der Waals surface area (Å²) in [6.07, 6.45) is 0.518. The van der Waals surface area contributed by atoms with E-state index in [1.807, 2.05) is 50.5 Å². The molecule has 4 rings (SSSR count). The van der Waals surface area contributed by atoms with Gasteiger partial charge in [0.2, 0.25) is 5.95 Å². The lowest BCUT2D eigenvalue weighted by Gasteiger charge is -2.29. The fraction of sp³-hybridized carbons (Fsp3) is 0.455. The van der Waals surface area contributed by atoms with Gasteiger partial charge in [0.05, 0.1) is 18.3 Å². The molecule has 1 atom stereocenters. The molecule has 164 valence electrons. The highest BCUT2D eigenvalue weighted by molar-refractivity contribution is 5.91. The van der Waals surface area contributed by atoms with E-state index in [1.54, 1.807) is 12.1 Å². The number of aliphatic hydroxyl groups excluding tert-OH is 1. The molecule has 3 aromatic rings. The molecule has 0 fully saturated rings. The number of imidazole rings is 1. The van der Waals surface area contributed by atoms with E-state index >= 15 is 0 Å². The first kappa shape index (κ1) is 21.0. The molecule has 0 amide bonds. The van der Waals surface area contributed by atoms with Crippen molar-refractivity contribution in [2.75, 3.05) is 18.2 Å². The normalized spacial score (nSPS) is 16.0. The Labute approximate surface area is 179 Å². The van der Waals surface area contributed by atoms with Crippen LogP contribution in [0.4, 0.5) is 5.95 Å². The first-order valence-corrected chi connectivity index (χ1v) is 10.5. The lowest BCUT2D eigenvalue weighted by molar-refractivity contribution is 0.289. The van der Waals surface area contributed by atoms with Crippen LogP contribution in [0.25, 0.3) is 11.2 Å². The van der Waals surface area contributed by atoms with Gasteiger partial charge in [-0.25, -0.2) is 9.80 Å². The summed E-state index contributed by atoms with van der Waals surface area (Å²) in [6.45, 7) is 8.53. The van der Waals surface area contributed by atoms with Crippen LogP contribution in [0.3, 0.4) is 0 Å².